The van der Waals surface area contributed by atoms with Gasteiger partial charge < -0.3 is 17.3 Å². The number of rotatable bonds is 3. The van der Waals surface area contributed by atoms with Crippen LogP contribution in [0.15, 0.2) is 60.7 Å². The lowest BCUT2D eigenvalue weighted by Crippen LogP contribution is -2.09. The number of halogens is 6. The fourth-order valence-corrected chi connectivity index (χ4v) is 3.26. The number of aryl methyl sites for hydroxylation is 3. The van der Waals surface area contributed by atoms with Gasteiger partial charge in [-0.1, -0.05) is 0 Å². The maximum Gasteiger partial charge on any atom is 0.673 e. The highest BCUT2D eigenvalue weighted by Crippen LogP contribution is 2.35. The summed E-state index contributed by atoms with van der Waals surface area (Å²) in [6.07, 6.45) is 0. The highest BCUT2D eigenvalue weighted by molar-refractivity contribution is 6.50. The second-order valence-electron chi connectivity index (χ2n) is 6.66. The first-order valence-corrected chi connectivity index (χ1v) is 8.80. The van der Waals surface area contributed by atoms with Gasteiger partial charge >= 0.3 is 7.25 Å². The molecular formula is C22H19BF6. The van der Waals surface area contributed by atoms with E-state index in [1.807, 2.05) is 0 Å². The van der Waals surface area contributed by atoms with Crippen molar-refractivity contribution in [3.05, 3.63) is 112 Å². The van der Waals surface area contributed by atoms with Gasteiger partial charge in [0.1, 0.15) is 11.6 Å². The van der Waals surface area contributed by atoms with Gasteiger partial charge in [0.15, 0.2) is 0 Å². The van der Waals surface area contributed by atoms with Crippen LogP contribution in [-0.4, -0.2) is 7.25 Å². The summed E-state index contributed by atoms with van der Waals surface area (Å²) in [6, 6.07) is 17.2. The largest absolute Gasteiger partial charge is 0.673 e. The Hall–Kier alpha value is -2.83. The monoisotopic (exact) mass is 408 g/mol. The Morgan fingerprint density at radius 1 is 0.621 bits per heavy atom. The molecule has 0 aliphatic carbocycles. The summed E-state index contributed by atoms with van der Waals surface area (Å²) in [5.41, 5.74) is 6.44. The first kappa shape index (κ1) is 22.5. The van der Waals surface area contributed by atoms with Gasteiger partial charge in [0.25, 0.3) is 0 Å². The van der Waals surface area contributed by atoms with E-state index < -0.39 is 7.25 Å². The van der Waals surface area contributed by atoms with Crippen molar-refractivity contribution in [3.8, 4) is 0 Å². The summed E-state index contributed by atoms with van der Waals surface area (Å²) in [4.78, 5) is 0. The van der Waals surface area contributed by atoms with Gasteiger partial charge in [0.2, 0.25) is 0 Å². The van der Waals surface area contributed by atoms with Crippen molar-refractivity contribution in [2.75, 3.05) is 0 Å². The van der Waals surface area contributed by atoms with E-state index in [0.717, 1.165) is 33.7 Å². The quantitative estimate of drug-likeness (QED) is 0.186. The second kappa shape index (κ2) is 9.12. The molecule has 0 aliphatic heterocycles. The van der Waals surface area contributed by atoms with E-state index in [1.165, 1.54) is 29.8 Å². The standard InChI is InChI=1S/C22H19F2.BF4/c1-14-12-15(2)21(16(3)13-14)22(17-4-8-19(23)9-5-17)18-6-10-20(24)11-7-18;2-1(3,4)5/h4-13H,1-3H3;/q+1;-1. The van der Waals surface area contributed by atoms with E-state index >= 15 is 0 Å². The van der Waals surface area contributed by atoms with Crippen LogP contribution in [-0.2, 0) is 0 Å². The van der Waals surface area contributed by atoms with Gasteiger partial charge in [0, 0.05) is 11.1 Å². The fourth-order valence-electron chi connectivity index (χ4n) is 3.26. The van der Waals surface area contributed by atoms with Crippen LogP contribution in [0.5, 0.6) is 0 Å². The molecule has 0 unspecified atom stereocenters. The molecule has 0 spiro atoms. The van der Waals surface area contributed by atoms with Crippen LogP contribution in [0.4, 0.5) is 26.0 Å². The predicted molar refractivity (Wildman–Crippen MR) is 104 cm³/mol. The molecule has 0 N–H and O–H groups in total. The molecular weight excluding hydrogens is 389 g/mol. The average Bonchev–Trinajstić information content (AvgIpc) is 2.58. The first-order valence-electron chi connectivity index (χ1n) is 8.80. The summed E-state index contributed by atoms with van der Waals surface area (Å²) in [5.74, 6) is 0.453. The number of hydrogen-bond acceptors (Lipinski definition) is 0. The van der Waals surface area contributed by atoms with Crippen LogP contribution in [0.3, 0.4) is 0 Å². The molecule has 0 saturated heterocycles. The van der Waals surface area contributed by atoms with Crippen LogP contribution in [0.25, 0.3) is 0 Å². The molecule has 3 rings (SSSR count). The lowest BCUT2D eigenvalue weighted by Gasteiger charge is -2.18. The highest BCUT2D eigenvalue weighted by Gasteiger charge is 2.26. The van der Waals surface area contributed by atoms with E-state index in [2.05, 4.69) is 32.9 Å². The van der Waals surface area contributed by atoms with Gasteiger partial charge in [-0.3, -0.25) is 0 Å². The zero-order valence-corrected chi connectivity index (χ0v) is 16.1. The Morgan fingerprint density at radius 3 is 1.24 bits per heavy atom. The second-order valence-corrected chi connectivity index (χ2v) is 6.66. The summed E-state index contributed by atoms with van der Waals surface area (Å²) >= 11 is 0. The van der Waals surface area contributed by atoms with Crippen LogP contribution in [0, 0.1) is 38.3 Å². The molecule has 152 valence electrons. The van der Waals surface area contributed by atoms with Crippen LogP contribution < -0.4 is 0 Å². The molecule has 0 heterocycles. The minimum Gasteiger partial charge on any atom is -0.418 e. The lowest BCUT2D eigenvalue weighted by molar-refractivity contribution is 0.368. The van der Waals surface area contributed by atoms with Gasteiger partial charge in [-0.05, 0) is 87.0 Å². The number of hydrogen-bond donors (Lipinski definition) is 0. The summed E-state index contributed by atoms with van der Waals surface area (Å²) < 4.78 is 65.7. The minimum absolute atomic E-state index is 0.269. The van der Waals surface area contributed by atoms with Gasteiger partial charge in [-0.2, -0.15) is 0 Å². The summed E-state index contributed by atoms with van der Waals surface area (Å²) in [5, 5.41) is 0. The van der Waals surface area contributed by atoms with Crippen molar-refractivity contribution in [3.63, 3.8) is 0 Å². The van der Waals surface area contributed by atoms with E-state index in [0.29, 0.717) is 0 Å². The Morgan fingerprint density at radius 2 is 0.931 bits per heavy atom. The van der Waals surface area contributed by atoms with Crippen molar-refractivity contribution < 1.29 is 26.0 Å². The third-order valence-corrected chi connectivity index (χ3v) is 4.19. The van der Waals surface area contributed by atoms with Gasteiger partial charge in [-0.15, -0.1) is 0 Å². The van der Waals surface area contributed by atoms with Crippen molar-refractivity contribution in [2.45, 2.75) is 20.8 Å². The topological polar surface area (TPSA) is 0 Å². The van der Waals surface area contributed by atoms with Crippen molar-refractivity contribution in [1.29, 1.82) is 0 Å². The summed E-state index contributed by atoms with van der Waals surface area (Å²) in [6.45, 7) is 6.21. The maximum atomic E-state index is 13.4. The van der Waals surface area contributed by atoms with E-state index in [9.17, 15) is 26.0 Å². The molecule has 0 radical (unpaired) electrons. The number of benzene rings is 3. The van der Waals surface area contributed by atoms with Gasteiger partial charge in [-0.25, -0.2) is 8.78 Å². The lowest BCUT2D eigenvalue weighted by atomic mass is 9.80. The van der Waals surface area contributed by atoms with Crippen LogP contribution in [0.2, 0.25) is 0 Å². The van der Waals surface area contributed by atoms with Crippen molar-refractivity contribution in [1.82, 2.24) is 0 Å². The average molecular weight is 408 g/mol. The molecule has 0 saturated carbocycles. The van der Waals surface area contributed by atoms with Gasteiger partial charge in [0.05, 0.1) is 22.6 Å². The fraction of sp³-hybridized carbons (Fsp3) is 0.136. The minimum atomic E-state index is -6.00. The maximum absolute atomic E-state index is 13.4. The first-order chi connectivity index (χ1) is 13.5. The molecule has 3 aromatic carbocycles. The van der Waals surface area contributed by atoms with Crippen LogP contribution >= 0.6 is 0 Å². The molecule has 0 fully saturated rings. The molecule has 0 atom stereocenters. The molecule has 3 aromatic rings. The van der Waals surface area contributed by atoms with Crippen LogP contribution in [0.1, 0.15) is 33.4 Å². The van der Waals surface area contributed by atoms with Crippen molar-refractivity contribution >= 4 is 7.25 Å². The van der Waals surface area contributed by atoms with E-state index in [-0.39, 0.29) is 11.6 Å². The Balaban J connectivity index is 0.000000537. The smallest absolute Gasteiger partial charge is 0.418 e. The van der Waals surface area contributed by atoms with E-state index in [1.54, 1.807) is 24.3 Å². The molecule has 0 nitrogen and oxygen atoms in total. The third kappa shape index (κ3) is 6.63. The Bertz CT molecular complexity index is 872. The zero-order chi connectivity index (χ0) is 21.8. The SMILES string of the molecule is Cc1cc(C)c([C+](c2ccc(F)cc2)c2ccc(F)cc2)c(C)c1.F[B-](F)(F)F. The summed E-state index contributed by atoms with van der Waals surface area (Å²) in [7, 11) is -6.00. The molecule has 7 heteroatoms. The zero-order valence-electron chi connectivity index (χ0n) is 16.1. The molecule has 0 bridgehead atoms. The van der Waals surface area contributed by atoms with Crippen molar-refractivity contribution in [2.24, 2.45) is 0 Å². The predicted octanol–water partition coefficient (Wildman–Crippen LogP) is 7.21. The molecule has 0 amide bonds. The molecule has 29 heavy (non-hydrogen) atoms. The Kier molecular flexibility index (Phi) is 7.06. The third-order valence-electron chi connectivity index (χ3n) is 4.19. The molecule has 0 aliphatic rings. The Labute approximate surface area is 166 Å². The van der Waals surface area contributed by atoms with E-state index in [4.69, 9.17) is 0 Å². The highest BCUT2D eigenvalue weighted by atomic mass is 19.5. The molecule has 0 aromatic heterocycles. The normalized spacial score (nSPS) is 10.9.